The summed E-state index contributed by atoms with van der Waals surface area (Å²) in [4.78, 5) is 3.01. The number of hydrogen-bond acceptors (Lipinski definition) is 1. The summed E-state index contributed by atoms with van der Waals surface area (Å²) in [5.74, 6) is 0. The van der Waals surface area contributed by atoms with Crippen LogP contribution in [-0.2, 0) is 6.42 Å². The van der Waals surface area contributed by atoms with Gasteiger partial charge >= 0.3 is 0 Å². The molecule has 1 rings (SSSR count). The molecule has 0 aliphatic rings. The van der Waals surface area contributed by atoms with Gasteiger partial charge in [-0.05, 0) is 38.3 Å². The van der Waals surface area contributed by atoms with Gasteiger partial charge in [0.1, 0.15) is 0 Å². The average Bonchev–Trinajstić information content (AvgIpc) is 2.78. The molecule has 0 saturated heterocycles. The molecule has 21 heavy (non-hydrogen) atoms. The van der Waals surface area contributed by atoms with Crippen molar-refractivity contribution in [3.63, 3.8) is 0 Å². The molecule has 0 aliphatic heterocycles. The van der Waals surface area contributed by atoms with E-state index in [1.54, 1.807) is 5.56 Å². The molecule has 0 spiro atoms. The number of aryl methyl sites for hydroxylation is 3. The Hall–Kier alpha value is -0.300. The number of unbranched alkanes of at least 4 members (excludes halogenated alkanes) is 11. The molecule has 122 valence electrons. The van der Waals surface area contributed by atoms with E-state index in [-0.39, 0.29) is 0 Å². The van der Waals surface area contributed by atoms with E-state index < -0.39 is 0 Å². The Bertz CT molecular complexity index is 351. The smallest absolute Gasteiger partial charge is 0.00490 e. The van der Waals surface area contributed by atoms with Gasteiger partial charge < -0.3 is 0 Å². The zero-order chi connectivity index (χ0) is 15.3. The summed E-state index contributed by atoms with van der Waals surface area (Å²) in [5, 5.41) is 0. The van der Waals surface area contributed by atoms with Crippen molar-refractivity contribution >= 4 is 11.3 Å². The summed E-state index contributed by atoms with van der Waals surface area (Å²) in [6.45, 7) is 6.79. The van der Waals surface area contributed by atoms with E-state index in [1.165, 1.54) is 93.2 Å². The molecular weight excluding hydrogens is 272 g/mol. The van der Waals surface area contributed by atoms with Gasteiger partial charge in [-0.1, -0.05) is 77.6 Å². The SMILES string of the molecule is CCCCCCCCCCCCCCc1cc(C)sc1C. The van der Waals surface area contributed by atoms with Crippen molar-refractivity contribution in [1.29, 1.82) is 0 Å². The second-order valence-electron chi connectivity index (χ2n) is 6.58. The minimum Gasteiger partial charge on any atom is -0.146 e. The van der Waals surface area contributed by atoms with Crippen molar-refractivity contribution < 1.29 is 0 Å². The molecule has 0 fully saturated rings. The van der Waals surface area contributed by atoms with E-state index in [2.05, 4.69) is 26.8 Å². The molecule has 0 nitrogen and oxygen atoms in total. The first-order valence-electron chi connectivity index (χ1n) is 9.30. The van der Waals surface area contributed by atoms with E-state index in [0.717, 1.165) is 0 Å². The Labute approximate surface area is 137 Å². The average molecular weight is 309 g/mol. The van der Waals surface area contributed by atoms with Gasteiger partial charge in [0, 0.05) is 9.75 Å². The van der Waals surface area contributed by atoms with Crippen LogP contribution in [0.15, 0.2) is 6.07 Å². The van der Waals surface area contributed by atoms with Crippen molar-refractivity contribution in [3.8, 4) is 0 Å². The van der Waals surface area contributed by atoms with Crippen LogP contribution in [-0.4, -0.2) is 0 Å². The molecule has 1 heterocycles. The normalized spacial score (nSPS) is 11.2. The maximum Gasteiger partial charge on any atom is 0.00490 e. The minimum absolute atomic E-state index is 1.30. The van der Waals surface area contributed by atoms with Gasteiger partial charge in [-0.3, -0.25) is 0 Å². The summed E-state index contributed by atoms with van der Waals surface area (Å²) >= 11 is 1.95. The maximum atomic E-state index is 2.39. The summed E-state index contributed by atoms with van der Waals surface area (Å²) in [7, 11) is 0. The van der Waals surface area contributed by atoms with Gasteiger partial charge in [-0.15, -0.1) is 11.3 Å². The van der Waals surface area contributed by atoms with E-state index in [4.69, 9.17) is 0 Å². The molecular formula is C20H36S. The van der Waals surface area contributed by atoms with Gasteiger partial charge in [-0.2, -0.15) is 0 Å². The standard InChI is InChI=1S/C20H36S/c1-4-5-6-7-8-9-10-11-12-13-14-15-16-20-17-18(2)21-19(20)3/h17H,4-16H2,1-3H3. The molecule has 1 aromatic rings. The fourth-order valence-electron chi connectivity index (χ4n) is 3.09. The van der Waals surface area contributed by atoms with Gasteiger partial charge in [-0.25, -0.2) is 0 Å². The van der Waals surface area contributed by atoms with Crippen LogP contribution in [0.2, 0.25) is 0 Å². The second kappa shape index (κ2) is 12.3. The molecule has 0 amide bonds. The Morgan fingerprint density at radius 3 is 1.62 bits per heavy atom. The molecule has 0 unspecified atom stereocenters. The zero-order valence-corrected chi connectivity index (χ0v) is 15.5. The van der Waals surface area contributed by atoms with Crippen LogP contribution < -0.4 is 0 Å². The van der Waals surface area contributed by atoms with E-state index in [9.17, 15) is 0 Å². The number of thiophene rings is 1. The highest BCUT2D eigenvalue weighted by Gasteiger charge is 2.02. The molecule has 0 saturated carbocycles. The summed E-state index contributed by atoms with van der Waals surface area (Å²) in [6, 6.07) is 2.39. The lowest BCUT2D eigenvalue weighted by atomic mass is 10.0. The first-order valence-corrected chi connectivity index (χ1v) is 10.1. The van der Waals surface area contributed by atoms with E-state index in [0.29, 0.717) is 0 Å². The number of rotatable bonds is 13. The third-order valence-corrected chi connectivity index (χ3v) is 5.45. The van der Waals surface area contributed by atoms with Gasteiger partial charge in [0.15, 0.2) is 0 Å². The minimum atomic E-state index is 1.30. The third-order valence-electron chi connectivity index (χ3n) is 4.44. The Balaban J connectivity index is 1.84. The summed E-state index contributed by atoms with van der Waals surface area (Å²) in [5.41, 5.74) is 1.60. The molecule has 1 heteroatoms. The van der Waals surface area contributed by atoms with Crippen LogP contribution in [0.3, 0.4) is 0 Å². The Morgan fingerprint density at radius 2 is 1.19 bits per heavy atom. The summed E-state index contributed by atoms with van der Waals surface area (Å²) < 4.78 is 0. The van der Waals surface area contributed by atoms with Crippen molar-refractivity contribution in [2.45, 2.75) is 104 Å². The lowest BCUT2D eigenvalue weighted by molar-refractivity contribution is 0.544. The summed E-state index contributed by atoms with van der Waals surface area (Å²) in [6.07, 6.45) is 18.6. The third kappa shape index (κ3) is 9.34. The molecule has 0 atom stereocenters. The van der Waals surface area contributed by atoms with Gasteiger partial charge in [0.05, 0.1) is 0 Å². The largest absolute Gasteiger partial charge is 0.146 e. The lowest BCUT2D eigenvalue weighted by Crippen LogP contribution is -1.86. The van der Waals surface area contributed by atoms with Gasteiger partial charge in [0.25, 0.3) is 0 Å². The molecule has 0 aliphatic carbocycles. The van der Waals surface area contributed by atoms with E-state index in [1.807, 2.05) is 11.3 Å². The first kappa shape index (κ1) is 18.7. The van der Waals surface area contributed by atoms with Crippen LogP contribution in [0.1, 0.15) is 99.3 Å². The Kier molecular flexibility index (Phi) is 10.9. The first-order chi connectivity index (χ1) is 10.2. The van der Waals surface area contributed by atoms with Crippen LogP contribution in [0.4, 0.5) is 0 Å². The predicted octanol–water partition coefficient (Wildman–Crippen LogP) is 7.61. The molecule has 0 aromatic carbocycles. The molecule has 0 radical (unpaired) electrons. The molecule has 0 N–H and O–H groups in total. The fourth-order valence-corrected chi connectivity index (χ4v) is 4.06. The Morgan fingerprint density at radius 1 is 0.714 bits per heavy atom. The van der Waals surface area contributed by atoms with Crippen molar-refractivity contribution in [1.82, 2.24) is 0 Å². The van der Waals surface area contributed by atoms with Crippen LogP contribution in [0.25, 0.3) is 0 Å². The number of hydrogen-bond donors (Lipinski definition) is 0. The lowest BCUT2D eigenvalue weighted by Gasteiger charge is -2.03. The van der Waals surface area contributed by atoms with Crippen LogP contribution in [0, 0.1) is 13.8 Å². The maximum absolute atomic E-state index is 2.39. The van der Waals surface area contributed by atoms with E-state index >= 15 is 0 Å². The second-order valence-corrected chi connectivity index (χ2v) is 8.04. The highest BCUT2D eigenvalue weighted by molar-refractivity contribution is 7.12. The van der Waals surface area contributed by atoms with Crippen molar-refractivity contribution in [2.24, 2.45) is 0 Å². The quantitative estimate of drug-likeness (QED) is 0.329. The monoisotopic (exact) mass is 308 g/mol. The fraction of sp³-hybridized carbons (Fsp3) is 0.800. The predicted molar refractivity (Wildman–Crippen MR) is 98.6 cm³/mol. The highest BCUT2D eigenvalue weighted by Crippen LogP contribution is 2.22. The molecule has 1 aromatic heterocycles. The topological polar surface area (TPSA) is 0 Å². The molecule has 0 bridgehead atoms. The highest BCUT2D eigenvalue weighted by atomic mass is 32.1. The van der Waals surface area contributed by atoms with Gasteiger partial charge in [0.2, 0.25) is 0 Å². The zero-order valence-electron chi connectivity index (χ0n) is 14.7. The van der Waals surface area contributed by atoms with Crippen molar-refractivity contribution in [2.75, 3.05) is 0 Å². The van der Waals surface area contributed by atoms with Crippen molar-refractivity contribution in [3.05, 3.63) is 21.4 Å². The van der Waals surface area contributed by atoms with Crippen LogP contribution in [0.5, 0.6) is 0 Å². The van der Waals surface area contributed by atoms with Crippen LogP contribution >= 0.6 is 11.3 Å².